The molecule has 3 nitrogen and oxygen atoms in total. The van der Waals surface area contributed by atoms with Crippen LogP contribution in [0.15, 0.2) is 0 Å². The van der Waals surface area contributed by atoms with Gasteiger partial charge >= 0.3 is 0 Å². The highest BCUT2D eigenvalue weighted by atomic mass is 32.2. The topological polar surface area (TPSA) is 37.4 Å². The maximum atomic E-state index is 12.0. The number of nitrogens with zero attached hydrogens (tertiary/aromatic N) is 1. The van der Waals surface area contributed by atoms with E-state index in [4.69, 9.17) is 0 Å². The Hall–Kier alpha value is -0.0900. The first-order valence-electron chi connectivity index (χ1n) is 5.67. The third-order valence-corrected chi connectivity index (χ3v) is 5.77. The summed E-state index contributed by atoms with van der Waals surface area (Å²) >= 11 is 0. The quantitative estimate of drug-likeness (QED) is 0.722. The van der Waals surface area contributed by atoms with Gasteiger partial charge in [0.25, 0.3) is 0 Å². The Kier molecular flexibility index (Phi) is 2.84. The van der Waals surface area contributed by atoms with Gasteiger partial charge in [-0.25, -0.2) is 8.42 Å². The zero-order valence-electron chi connectivity index (χ0n) is 8.78. The molecule has 1 saturated carbocycles. The zero-order valence-corrected chi connectivity index (χ0v) is 9.59. The average molecular weight is 217 g/mol. The van der Waals surface area contributed by atoms with Crippen LogP contribution in [-0.2, 0) is 10.0 Å². The minimum atomic E-state index is -2.92. The molecule has 2 rings (SSSR count). The molecule has 0 N–H and O–H groups in total. The van der Waals surface area contributed by atoms with Crippen molar-refractivity contribution in [1.29, 1.82) is 0 Å². The minimum absolute atomic E-state index is 0.0327. The van der Waals surface area contributed by atoms with Gasteiger partial charge in [0.05, 0.1) is 5.25 Å². The van der Waals surface area contributed by atoms with E-state index in [0.717, 1.165) is 38.6 Å². The van der Waals surface area contributed by atoms with Crippen molar-refractivity contribution < 1.29 is 8.42 Å². The van der Waals surface area contributed by atoms with Gasteiger partial charge in [0.15, 0.2) is 0 Å². The van der Waals surface area contributed by atoms with Crippen LogP contribution in [0.2, 0.25) is 0 Å². The van der Waals surface area contributed by atoms with Crippen molar-refractivity contribution in [1.82, 2.24) is 4.31 Å². The molecule has 1 saturated heterocycles. The molecule has 0 aromatic rings. The minimum Gasteiger partial charge on any atom is -0.212 e. The molecular weight excluding hydrogens is 198 g/mol. The molecule has 4 heteroatoms. The summed E-state index contributed by atoms with van der Waals surface area (Å²) in [4.78, 5) is 0. The number of rotatable bonds is 3. The summed E-state index contributed by atoms with van der Waals surface area (Å²) in [5, 5.41) is -0.0327. The SMILES string of the molecule is CCC1CCCCN1S(=O)(=O)C1CC1. The molecule has 0 amide bonds. The van der Waals surface area contributed by atoms with Gasteiger partial charge in [0, 0.05) is 12.6 Å². The van der Waals surface area contributed by atoms with Crippen molar-refractivity contribution in [3.05, 3.63) is 0 Å². The van der Waals surface area contributed by atoms with Crippen LogP contribution in [0.5, 0.6) is 0 Å². The second kappa shape index (κ2) is 3.81. The maximum Gasteiger partial charge on any atom is 0.217 e. The summed E-state index contributed by atoms with van der Waals surface area (Å²) in [6.45, 7) is 2.85. The molecule has 1 aliphatic carbocycles. The molecule has 2 aliphatic rings. The standard InChI is InChI=1S/C10H19NO2S/c1-2-9-5-3-4-8-11(9)14(12,13)10-6-7-10/h9-10H,2-8H2,1H3. The Morgan fingerprint density at radius 3 is 2.50 bits per heavy atom. The monoisotopic (exact) mass is 217 g/mol. The van der Waals surface area contributed by atoms with Crippen molar-refractivity contribution in [2.75, 3.05) is 6.54 Å². The lowest BCUT2D eigenvalue weighted by molar-refractivity contribution is 0.246. The molecule has 1 aliphatic heterocycles. The fourth-order valence-corrected chi connectivity index (χ4v) is 4.44. The predicted molar refractivity (Wildman–Crippen MR) is 56.6 cm³/mol. The van der Waals surface area contributed by atoms with E-state index < -0.39 is 10.0 Å². The molecule has 0 bridgehead atoms. The van der Waals surface area contributed by atoms with Gasteiger partial charge in [-0.1, -0.05) is 13.3 Å². The lowest BCUT2D eigenvalue weighted by atomic mass is 10.0. The number of hydrogen-bond donors (Lipinski definition) is 0. The van der Waals surface area contributed by atoms with Gasteiger partial charge in [-0.15, -0.1) is 0 Å². The summed E-state index contributed by atoms with van der Waals surface area (Å²) in [5.74, 6) is 0. The Balaban J connectivity index is 2.13. The van der Waals surface area contributed by atoms with E-state index in [1.807, 2.05) is 0 Å². The van der Waals surface area contributed by atoms with E-state index in [0.29, 0.717) is 0 Å². The fourth-order valence-electron chi connectivity index (χ4n) is 2.27. The largest absolute Gasteiger partial charge is 0.217 e. The molecule has 0 aromatic carbocycles. The molecule has 1 unspecified atom stereocenters. The highest BCUT2D eigenvalue weighted by molar-refractivity contribution is 7.90. The van der Waals surface area contributed by atoms with Crippen molar-refractivity contribution >= 4 is 10.0 Å². The van der Waals surface area contributed by atoms with Crippen LogP contribution >= 0.6 is 0 Å². The summed E-state index contributed by atoms with van der Waals surface area (Å²) in [5.41, 5.74) is 0. The van der Waals surface area contributed by atoms with Crippen LogP contribution in [0.1, 0.15) is 45.4 Å². The van der Waals surface area contributed by atoms with Gasteiger partial charge in [0.2, 0.25) is 10.0 Å². The first kappa shape index (κ1) is 10.4. The summed E-state index contributed by atoms with van der Waals surface area (Å²) in [7, 11) is -2.92. The summed E-state index contributed by atoms with van der Waals surface area (Å²) < 4.78 is 25.9. The van der Waals surface area contributed by atoms with E-state index in [1.54, 1.807) is 4.31 Å². The smallest absolute Gasteiger partial charge is 0.212 e. The molecule has 0 radical (unpaired) electrons. The Morgan fingerprint density at radius 1 is 1.21 bits per heavy atom. The van der Waals surface area contributed by atoms with E-state index in [-0.39, 0.29) is 11.3 Å². The third-order valence-electron chi connectivity index (χ3n) is 3.32. The number of sulfonamides is 1. The molecule has 2 fully saturated rings. The van der Waals surface area contributed by atoms with Crippen molar-refractivity contribution in [3.63, 3.8) is 0 Å². The van der Waals surface area contributed by atoms with Crippen molar-refractivity contribution in [2.45, 2.75) is 56.7 Å². The van der Waals surface area contributed by atoms with Crippen LogP contribution in [0, 0.1) is 0 Å². The Labute approximate surface area is 86.5 Å². The average Bonchev–Trinajstić information content (AvgIpc) is 3.01. The number of hydrogen-bond acceptors (Lipinski definition) is 2. The van der Waals surface area contributed by atoms with Crippen LogP contribution in [0.4, 0.5) is 0 Å². The lowest BCUT2D eigenvalue weighted by Gasteiger charge is -2.34. The van der Waals surface area contributed by atoms with E-state index in [1.165, 1.54) is 6.42 Å². The summed E-state index contributed by atoms with van der Waals surface area (Å²) in [6, 6.07) is 0.286. The van der Waals surface area contributed by atoms with E-state index in [9.17, 15) is 8.42 Å². The van der Waals surface area contributed by atoms with Gasteiger partial charge in [-0.2, -0.15) is 4.31 Å². The van der Waals surface area contributed by atoms with Crippen LogP contribution in [0.25, 0.3) is 0 Å². The van der Waals surface area contributed by atoms with Crippen LogP contribution < -0.4 is 0 Å². The van der Waals surface area contributed by atoms with Gasteiger partial charge < -0.3 is 0 Å². The second-order valence-corrected chi connectivity index (χ2v) is 6.58. The van der Waals surface area contributed by atoms with Crippen LogP contribution in [-0.4, -0.2) is 30.6 Å². The Morgan fingerprint density at radius 2 is 1.93 bits per heavy atom. The first-order chi connectivity index (χ1) is 6.66. The van der Waals surface area contributed by atoms with E-state index in [2.05, 4.69) is 6.92 Å². The molecule has 1 atom stereocenters. The lowest BCUT2D eigenvalue weighted by Crippen LogP contribution is -2.44. The highest BCUT2D eigenvalue weighted by Crippen LogP contribution is 2.34. The fraction of sp³-hybridized carbons (Fsp3) is 1.00. The second-order valence-electron chi connectivity index (χ2n) is 4.41. The van der Waals surface area contributed by atoms with Gasteiger partial charge in [-0.05, 0) is 32.1 Å². The van der Waals surface area contributed by atoms with Gasteiger partial charge in [-0.3, -0.25) is 0 Å². The van der Waals surface area contributed by atoms with E-state index >= 15 is 0 Å². The Bertz CT molecular complexity index is 295. The molecule has 14 heavy (non-hydrogen) atoms. The summed E-state index contributed by atoms with van der Waals surface area (Å²) in [6.07, 6.45) is 6.02. The third kappa shape index (κ3) is 1.82. The predicted octanol–water partition coefficient (Wildman–Crippen LogP) is 1.74. The van der Waals surface area contributed by atoms with Crippen LogP contribution in [0.3, 0.4) is 0 Å². The first-order valence-corrected chi connectivity index (χ1v) is 7.17. The molecule has 1 heterocycles. The molecule has 0 spiro atoms. The molecule has 82 valence electrons. The number of piperidine rings is 1. The normalized spacial score (nSPS) is 30.5. The molecular formula is C10H19NO2S. The van der Waals surface area contributed by atoms with Gasteiger partial charge in [0.1, 0.15) is 0 Å². The zero-order chi connectivity index (χ0) is 10.2. The maximum absolute atomic E-state index is 12.0. The van der Waals surface area contributed by atoms with Crippen molar-refractivity contribution in [2.24, 2.45) is 0 Å². The molecule has 0 aromatic heterocycles. The van der Waals surface area contributed by atoms with Crippen molar-refractivity contribution in [3.8, 4) is 0 Å². The highest BCUT2D eigenvalue weighted by Gasteiger charge is 2.42.